The Morgan fingerprint density at radius 2 is 1.39 bits per heavy atom. The number of aromatic amines is 1. The van der Waals surface area contributed by atoms with Crippen LogP contribution in [-0.4, -0.2) is 54.3 Å². The number of likely N-dealkylation sites (N-methyl/N-ethyl adjacent to an activating group) is 1. The van der Waals surface area contributed by atoms with Gasteiger partial charge in [-0.2, -0.15) is 21.6 Å². The Hall–Kier alpha value is -4.16. The lowest BCUT2D eigenvalue weighted by Crippen LogP contribution is -2.47. The van der Waals surface area contributed by atoms with E-state index in [0.29, 0.717) is 17.4 Å². The number of H-pyrrole nitrogens is 1. The molecule has 6 atom stereocenters. The van der Waals surface area contributed by atoms with E-state index in [2.05, 4.69) is 60.5 Å². The molecule has 4 bridgehead atoms. The SMILES string of the molecule is CNC(C(=O)N1CCCC1c1ncc(-c2ccc(-c3ccc(-c4ccc(OS(=O)(=O)C(F)(F)F)c5c4C4CCC5C4)c4c3C3CCC4C3)cc2)[nH]1)C(C)C. The zero-order chi connectivity index (χ0) is 37.7. The highest BCUT2D eigenvalue weighted by Gasteiger charge is 2.50. The largest absolute Gasteiger partial charge is 0.534 e. The molecule has 284 valence electrons. The van der Waals surface area contributed by atoms with E-state index in [1.54, 1.807) is 6.07 Å². The summed E-state index contributed by atoms with van der Waals surface area (Å²) in [5.41, 5.74) is 5.18. The number of benzene rings is 3. The van der Waals surface area contributed by atoms with Gasteiger partial charge in [0.05, 0.1) is 24.0 Å². The monoisotopic (exact) mass is 758 g/mol. The zero-order valence-electron chi connectivity index (χ0n) is 30.7. The fourth-order valence-electron chi connectivity index (χ4n) is 10.7. The first kappa shape index (κ1) is 35.5. The van der Waals surface area contributed by atoms with Crippen molar-refractivity contribution in [2.45, 2.75) is 106 Å². The maximum Gasteiger partial charge on any atom is 0.534 e. The quantitative estimate of drug-likeness (QED) is 0.130. The Labute approximate surface area is 314 Å². The Balaban J connectivity index is 1.03. The number of rotatable bonds is 9. The minimum Gasteiger partial charge on any atom is -0.376 e. The number of carbonyl (C=O) groups is 1. The number of hydrogen-bond donors (Lipinski definition) is 2. The molecule has 4 aromatic rings. The average molecular weight is 759 g/mol. The second-order valence-electron chi connectivity index (χ2n) is 16.3. The molecule has 6 unspecified atom stereocenters. The fraction of sp³-hybridized carbons (Fsp3) is 0.476. The normalized spacial score (nSPS) is 24.7. The third kappa shape index (κ3) is 5.61. The van der Waals surface area contributed by atoms with Crippen LogP contribution >= 0.6 is 0 Å². The summed E-state index contributed by atoms with van der Waals surface area (Å²) in [6.45, 7) is 4.83. The Kier molecular flexibility index (Phi) is 8.53. The van der Waals surface area contributed by atoms with Crippen molar-refractivity contribution in [3.05, 3.63) is 82.8 Å². The van der Waals surface area contributed by atoms with E-state index >= 15 is 0 Å². The van der Waals surface area contributed by atoms with Gasteiger partial charge in [0.25, 0.3) is 0 Å². The van der Waals surface area contributed by atoms with E-state index in [-0.39, 0.29) is 41.5 Å². The molecule has 4 aliphatic carbocycles. The summed E-state index contributed by atoms with van der Waals surface area (Å²) in [7, 11) is -3.94. The molecule has 1 amide bonds. The molecule has 3 aromatic carbocycles. The smallest absolute Gasteiger partial charge is 0.376 e. The molecule has 9 rings (SSSR count). The number of aromatic nitrogens is 2. The lowest BCUT2D eigenvalue weighted by atomic mass is 9.78. The molecule has 0 radical (unpaired) electrons. The van der Waals surface area contributed by atoms with Gasteiger partial charge < -0.3 is 19.4 Å². The second-order valence-corrected chi connectivity index (χ2v) is 17.8. The number of likely N-dealkylation sites (tertiary alicyclic amines) is 1. The van der Waals surface area contributed by atoms with Gasteiger partial charge >= 0.3 is 15.6 Å². The van der Waals surface area contributed by atoms with Gasteiger partial charge in [0.2, 0.25) is 5.91 Å². The van der Waals surface area contributed by atoms with E-state index in [4.69, 9.17) is 9.17 Å². The van der Waals surface area contributed by atoms with Crippen molar-refractivity contribution in [1.29, 1.82) is 0 Å². The standard InChI is InChI=1S/C42H45F3N4O4S/c1-22(2)39(46-3)41(50)49-18-4-5-33(49)40-47-21-32(48-40)24-8-6-23(7-9-24)29-14-15-30(36-26-11-10-25(19-26)35(29)36)31-16-17-34(53-54(51,52)42(43,44)45)38-28-13-12-27(20-28)37(31)38/h6-9,14-17,21-22,25-28,33,39,46H,4-5,10-13,18-20H2,1-3H3,(H,47,48). The highest BCUT2D eigenvalue weighted by Crippen LogP contribution is 2.62. The van der Waals surface area contributed by atoms with Crippen molar-refractivity contribution < 1.29 is 30.6 Å². The van der Waals surface area contributed by atoms with E-state index in [1.807, 2.05) is 18.1 Å². The number of fused-ring (bicyclic) bond motifs is 10. The number of imidazole rings is 1. The van der Waals surface area contributed by atoms with Crippen LogP contribution in [0.25, 0.3) is 33.5 Å². The number of amides is 1. The minimum absolute atomic E-state index is 0.00759. The molecule has 3 fully saturated rings. The van der Waals surface area contributed by atoms with Crippen LogP contribution in [0.4, 0.5) is 13.2 Å². The van der Waals surface area contributed by atoms with Crippen LogP contribution in [0.3, 0.4) is 0 Å². The van der Waals surface area contributed by atoms with Crippen molar-refractivity contribution in [3.8, 4) is 39.3 Å². The summed E-state index contributed by atoms with van der Waals surface area (Å²) in [4.78, 5) is 23.6. The maximum atomic E-state index is 13.4. The van der Waals surface area contributed by atoms with Crippen molar-refractivity contribution in [1.82, 2.24) is 20.2 Å². The average Bonchev–Trinajstić information content (AvgIpc) is 4.00. The van der Waals surface area contributed by atoms with Gasteiger partial charge in [0.15, 0.2) is 0 Å². The van der Waals surface area contributed by atoms with E-state index in [9.17, 15) is 26.4 Å². The van der Waals surface area contributed by atoms with Crippen LogP contribution in [0.2, 0.25) is 0 Å². The predicted octanol–water partition coefficient (Wildman–Crippen LogP) is 9.28. The second kappa shape index (κ2) is 13.0. The summed E-state index contributed by atoms with van der Waals surface area (Å²) < 4.78 is 69.0. The fourth-order valence-corrected chi connectivity index (χ4v) is 11.2. The predicted molar refractivity (Wildman–Crippen MR) is 201 cm³/mol. The summed E-state index contributed by atoms with van der Waals surface area (Å²) >= 11 is 0. The van der Waals surface area contributed by atoms with Gasteiger partial charge in [-0.15, -0.1) is 0 Å². The highest BCUT2D eigenvalue weighted by atomic mass is 32.2. The molecular weight excluding hydrogens is 714 g/mol. The molecule has 0 spiro atoms. The van der Waals surface area contributed by atoms with Crippen LogP contribution in [0.1, 0.15) is 123 Å². The molecule has 1 aromatic heterocycles. The zero-order valence-corrected chi connectivity index (χ0v) is 31.5. The van der Waals surface area contributed by atoms with E-state index < -0.39 is 15.6 Å². The number of alkyl halides is 3. The minimum atomic E-state index is -5.78. The van der Waals surface area contributed by atoms with Gasteiger partial charge in [0, 0.05) is 12.1 Å². The Morgan fingerprint density at radius 1 is 0.833 bits per heavy atom. The summed E-state index contributed by atoms with van der Waals surface area (Å²) in [6, 6.07) is 15.8. The molecule has 12 heteroatoms. The third-order valence-electron chi connectivity index (χ3n) is 13.0. The first-order chi connectivity index (χ1) is 25.8. The van der Waals surface area contributed by atoms with Gasteiger partial charge in [-0.1, -0.05) is 56.3 Å². The topological polar surface area (TPSA) is 104 Å². The number of hydrogen-bond acceptors (Lipinski definition) is 6. The molecular formula is C42H45F3N4O4S. The lowest BCUT2D eigenvalue weighted by molar-refractivity contribution is -0.135. The number of nitrogens with one attached hydrogen (secondary N) is 2. The van der Waals surface area contributed by atoms with Crippen molar-refractivity contribution in [2.75, 3.05) is 13.6 Å². The Morgan fingerprint density at radius 3 is 2.00 bits per heavy atom. The van der Waals surface area contributed by atoms with Gasteiger partial charge in [-0.25, -0.2) is 4.98 Å². The Bertz CT molecular complexity index is 2250. The van der Waals surface area contributed by atoms with Gasteiger partial charge in [-0.05, 0) is 139 Å². The molecule has 1 aliphatic heterocycles. The molecule has 1 saturated heterocycles. The molecule has 54 heavy (non-hydrogen) atoms. The van der Waals surface area contributed by atoms with Crippen LogP contribution in [-0.2, 0) is 14.9 Å². The molecule has 8 nitrogen and oxygen atoms in total. The van der Waals surface area contributed by atoms with Crippen LogP contribution in [0.15, 0.2) is 54.7 Å². The van der Waals surface area contributed by atoms with Gasteiger partial charge in [0.1, 0.15) is 11.6 Å². The first-order valence-corrected chi connectivity index (χ1v) is 20.7. The molecule has 2 heterocycles. The number of nitrogens with zero attached hydrogens (tertiary/aromatic N) is 2. The van der Waals surface area contributed by atoms with Crippen LogP contribution in [0.5, 0.6) is 5.75 Å². The van der Waals surface area contributed by atoms with E-state index in [0.717, 1.165) is 97.2 Å². The van der Waals surface area contributed by atoms with Gasteiger partial charge in [-0.3, -0.25) is 4.79 Å². The molecule has 2 N–H and O–H groups in total. The maximum absolute atomic E-state index is 13.4. The number of carbonyl (C=O) groups excluding carboxylic acids is 1. The number of halogens is 3. The highest BCUT2D eigenvalue weighted by molar-refractivity contribution is 7.88. The molecule has 5 aliphatic rings. The third-order valence-corrected chi connectivity index (χ3v) is 14.0. The van der Waals surface area contributed by atoms with Crippen molar-refractivity contribution in [2.24, 2.45) is 5.92 Å². The van der Waals surface area contributed by atoms with Crippen LogP contribution < -0.4 is 9.50 Å². The van der Waals surface area contributed by atoms with Crippen molar-refractivity contribution in [3.63, 3.8) is 0 Å². The summed E-state index contributed by atoms with van der Waals surface area (Å²) in [5.74, 6) is 1.93. The molecule has 2 saturated carbocycles. The van der Waals surface area contributed by atoms with E-state index in [1.165, 1.54) is 22.8 Å². The summed E-state index contributed by atoms with van der Waals surface area (Å²) in [5, 5.41) is 3.19. The summed E-state index contributed by atoms with van der Waals surface area (Å²) in [6.07, 6.45) is 9.53. The van der Waals surface area contributed by atoms with Crippen molar-refractivity contribution >= 4 is 16.0 Å². The van der Waals surface area contributed by atoms with Crippen LogP contribution in [0, 0.1) is 5.92 Å². The lowest BCUT2D eigenvalue weighted by Gasteiger charge is -2.29. The first-order valence-electron chi connectivity index (χ1n) is 19.3.